The van der Waals surface area contributed by atoms with E-state index < -0.39 is 0 Å². The van der Waals surface area contributed by atoms with Gasteiger partial charge in [0.15, 0.2) is 0 Å². The Morgan fingerprint density at radius 1 is 1.28 bits per heavy atom. The third-order valence-electron chi connectivity index (χ3n) is 3.98. The van der Waals surface area contributed by atoms with Gasteiger partial charge in [-0.05, 0) is 38.8 Å². The van der Waals surface area contributed by atoms with Crippen molar-refractivity contribution in [2.24, 2.45) is 5.92 Å². The van der Waals surface area contributed by atoms with Gasteiger partial charge in [0.05, 0.1) is 0 Å². The second kappa shape index (κ2) is 9.38. The number of hydrogen-bond donors (Lipinski definition) is 0. The molecule has 0 radical (unpaired) electrons. The zero-order valence-electron chi connectivity index (χ0n) is 12.5. The molecule has 0 heterocycles. The molecule has 1 heteroatoms. The molecular weight excluding hydrogens is 218 g/mol. The normalized spacial score (nSPS) is 16.9. The number of nitrogens with zero attached hydrogens (tertiary/aromatic N) is 1. The smallest absolute Gasteiger partial charge is 0.0193 e. The predicted molar refractivity (Wildman–Crippen MR) is 81.9 cm³/mol. The van der Waals surface area contributed by atoms with Crippen LogP contribution in [0.3, 0.4) is 0 Å². The van der Waals surface area contributed by atoms with Crippen molar-refractivity contribution in [3.63, 3.8) is 0 Å². The molecule has 0 aromatic heterocycles. The van der Waals surface area contributed by atoms with Crippen molar-refractivity contribution in [3.05, 3.63) is 24.3 Å². The van der Waals surface area contributed by atoms with E-state index in [1.807, 2.05) is 6.08 Å². The molecule has 1 aliphatic rings. The molecule has 0 spiro atoms. The van der Waals surface area contributed by atoms with Crippen LogP contribution in [0.5, 0.6) is 0 Å². The number of hydrogen-bond acceptors (Lipinski definition) is 1. The molecule has 104 valence electrons. The Morgan fingerprint density at radius 2 is 2.06 bits per heavy atom. The first-order chi connectivity index (χ1) is 8.76. The van der Waals surface area contributed by atoms with Crippen molar-refractivity contribution < 1.29 is 0 Å². The lowest BCUT2D eigenvalue weighted by molar-refractivity contribution is 0.260. The summed E-state index contributed by atoms with van der Waals surface area (Å²) in [5.74, 6) is 1.08. The average Bonchev–Trinajstić information content (AvgIpc) is 2.26. The quantitative estimate of drug-likeness (QED) is 0.397. The molecule has 0 atom stereocenters. The molecular formula is C17H31N. The molecule has 0 aromatic rings. The second-order valence-electron chi connectivity index (χ2n) is 5.82. The summed E-state index contributed by atoms with van der Waals surface area (Å²) in [5, 5.41) is 0. The van der Waals surface area contributed by atoms with E-state index in [0.717, 1.165) is 12.5 Å². The van der Waals surface area contributed by atoms with Gasteiger partial charge in [-0.15, -0.1) is 0 Å². The zero-order chi connectivity index (χ0) is 13.2. The Labute approximate surface area is 114 Å². The molecule has 1 fully saturated rings. The first kappa shape index (κ1) is 15.5. The van der Waals surface area contributed by atoms with E-state index in [1.165, 1.54) is 63.6 Å². The van der Waals surface area contributed by atoms with Crippen LogP contribution < -0.4 is 0 Å². The minimum absolute atomic E-state index is 1.08. The van der Waals surface area contributed by atoms with Crippen molar-refractivity contribution in [2.45, 2.75) is 58.8 Å². The SMILES string of the molecule is C=C/C=C(\C)CN(CCC)CCCCC1CCC1. The molecule has 0 unspecified atom stereocenters. The van der Waals surface area contributed by atoms with E-state index in [9.17, 15) is 0 Å². The summed E-state index contributed by atoms with van der Waals surface area (Å²) in [6, 6.07) is 0. The van der Waals surface area contributed by atoms with Crippen LogP contribution in [-0.4, -0.2) is 24.5 Å². The van der Waals surface area contributed by atoms with E-state index >= 15 is 0 Å². The van der Waals surface area contributed by atoms with E-state index in [2.05, 4.69) is 31.4 Å². The van der Waals surface area contributed by atoms with E-state index in [0.29, 0.717) is 0 Å². The number of allylic oxidation sites excluding steroid dienone is 2. The minimum Gasteiger partial charge on any atom is -0.299 e. The van der Waals surface area contributed by atoms with Gasteiger partial charge in [0.25, 0.3) is 0 Å². The molecule has 0 aliphatic heterocycles. The van der Waals surface area contributed by atoms with Crippen LogP contribution in [-0.2, 0) is 0 Å². The van der Waals surface area contributed by atoms with Crippen molar-refractivity contribution in [3.8, 4) is 0 Å². The lowest BCUT2D eigenvalue weighted by Gasteiger charge is -2.26. The summed E-state index contributed by atoms with van der Waals surface area (Å²) in [5.41, 5.74) is 1.43. The molecule has 0 aromatic carbocycles. The van der Waals surface area contributed by atoms with Gasteiger partial charge in [-0.1, -0.05) is 63.3 Å². The summed E-state index contributed by atoms with van der Waals surface area (Å²) in [4.78, 5) is 2.59. The van der Waals surface area contributed by atoms with Crippen molar-refractivity contribution >= 4 is 0 Å². The van der Waals surface area contributed by atoms with Gasteiger partial charge in [-0.2, -0.15) is 0 Å². The number of unbranched alkanes of at least 4 members (excludes halogenated alkanes) is 1. The summed E-state index contributed by atoms with van der Waals surface area (Å²) in [6.45, 7) is 11.9. The van der Waals surface area contributed by atoms with Crippen molar-refractivity contribution in [1.29, 1.82) is 0 Å². The molecule has 1 aliphatic carbocycles. The molecule has 1 nitrogen and oxygen atoms in total. The van der Waals surface area contributed by atoms with Crippen LogP contribution in [0.2, 0.25) is 0 Å². The van der Waals surface area contributed by atoms with E-state index in [-0.39, 0.29) is 0 Å². The first-order valence-electron chi connectivity index (χ1n) is 7.76. The van der Waals surface area contributed by atoms with Gasteiger partial charge in [0.2, 0.25) is 0 Å². The Morgan fingerprint density at radius 3 is 2.61 bits per heavy atom. The summed E-state index contributed by atoms with van der Waals surface area (Å²) in [6.07, 6.45) is 14.0. The zero-order valence-corrected chi connectivity index (χ0v) is 12.5. The minimum atomic E-state index is 1.08. The van der Waals surface area contributed by atoms with Gasteiger partial charge in [0, 0.05) is 6.54 Å². The molecule has 0 saturated heterocycles. The van der Waals surface area contributed by atoms with E-state index in [1.54, 1.807) is 0 Å². The maximum absolute atomic E-state index is 3.77. The third kappa shape index (κ3) is 6.39. The Bertz CT molecular complexity index is 250. The van der Waals surface area contributed by atoms with Crippen LogP contribution >= 0.6 is 0 Å². The maximum Gasteiger partial charge on any atom is 0.0193 e. The molecule has 18 heavy (non-hydrogen) atoms. The highest BCUT2D eigenvalue weighted by Gasteiger charge is 2.16. The Balaban J connectivity index is 2.15. The van der Waals surface area contributed by atoms with Gasteiger partial charge in [-0.25, -0.2) is 0 Å². The van der Waals surface area contributed by atoms with Gasteiger partial charge < -0.3 is 0 Å². The lowest BCUT2D eigenvalue weighted by Crippen LogP contribution is -2.27. The van der Waals surface area contributed by atoms with Crippen LogP contribution in [0.25, 0.3) is 0 Å². The van der Waals surface area contributed by atoms with Crippen LogP contribution in [0.1, 0.15) is 58.8 Å². The Hall–Kier alpha value is -0.560. The van der Waals surface area contributed by atoms with Crippen LogP contribution in [0.15, 0.2) is 24.3 Å². The second-order valence-corrected chi connectivity index (χ2v) is 5.82. The molecule has 0 bridgehead atoms. The van der Waals surface area contributed by atoms with Crippen molar-refractivity contribution in [1.82, 2.24) is 4.90 Å². The standard InChI is InChI=1S/C17H31N/c1-4-9-16(3)15-18(13-5-2)14-7-6-10-17-11-8-12-17/h4,9,17H,1,5-8,10-15H2,2-3H3/b16-9+. The highest BCUT2D eigenvalue weighted by atomic mass is 15.1. The van der Waals surface area contributed by atoms with E-state index in [4.69, 9.17) is 0 Å². The molecule has 0 amide bonds. The van der Waals surface area contributed by atoms with Crippen LogP contribution in [0, 0.1) is 5.92 Å². The molecule has 0 N–H and O–H groups in total. The summed E-state index contributed by atoms with van der Waals surface area (Å²) >= 11 is 0. The largest absolute Gasteiger partial charge is 0.299 e. The molecule has 1 saturated carbocycles. The summed E-state index contributed by atoms with van der Waals surface area (Å²) in [7, 11) is 0. The first-order valence-corrected chi connectivity index (χ1v) is 7.76. The number of rotatable bonds is 10. The monoisotopic (exact) mass is 249 g/mol. The topological polar surface area (TPSA) is 3.24 Å². The van der Waals surface area contributed by atoms with Gasteiger partial charge in [-0.3, -0.25) is 4.90 Å². The average molecular weight is 249 g/mol. The van der Waals surface area contributed by atoms with Gasteiger partial charge >= 0.3 is 0 Å². The Kier molecular flexibility index (Phi) is 8.08. The summed E-state index contributed by atoms with van der Waals surface area (Å²) < 4.78 is 0. The predicted octanol–water partition coefficient (Wildman–Crippen LogP) is 4.80. The van der Waals surface area contributed by atoms with Crippen LogP contribution in [0.4, 0.5) is 0 Å². The van der Waals surface area contributed by atoms with Gasteiger partial charge in [0.1, 0.15) is 0 Å². The van der Waals surface area contributed by atoms with Crippen molar-refractivity contribution in [2.75, 3.05) is 19.6 Å². The fraction of sp³-hybridized carbons (Fsp3) is 0.765. The highest BCUT2D eigenvalue weighted by Crippen LogP contribution is 2.30. The third-order valence-corrected chi connectivity index (χ3v) is 3.98. The fourth-order valence-electron chi connectivity index (χ4n) is 2.74. The maximum atomic E-state index is 3.77. The highest BCUT2D eigenvalue weighted by molar-refractivity contribution is 5.09. The molecule has 1 rings (SSSR count). The fourth-order valence-corrected chi connectivity index (χ4v) is 2.74. The lowest BCUT2D eigenvalue weighted by atomic mass is 9.82.